The molecule has 16 heavy (non-hydrogen) atoms. The van der Waals surface area contributed by atoms with Gasteiger partial charge >= 0.3 is 0 Å². The van der Waals surface area contributed by atoms with Gasteiger partial charge in [0.1, 0.15) is 0 Å². The lowest BCUT2D eigenvalue weighted by atomic mass is 9.61. The number of nitrogens with zero attached hydrogens (tertiary/aromatic N) is 1. The summed E-state index contributed by atoms with van der Waals surface area (Å²) in [6.45, 7) is 12.9. The molecule has 1 saturated carbocycles. The highest BCUT2D eigenvalue weighted by atomic mass is 15.1. The molecule has 0 aromatic carbocycles. The molecule has 3 atom stereocenters. The van der Waals surface area contributed by atoms with Crippen molar-refractivity contribution in [2.24, 2.45) is 23.0 Å². The van der Waals surface area contributed by atoms with E-state index >= 15 is 0 Å². The average Bonchev–Trinajstić information content (AvgIpc) is 2.19. The van der Waals surface area contributed by atoms with E-state index in [1.807, 2.05) is 0 Å². The molecular formula is C14H30N2. The predicted octanol–water partition coefficient (Wildman–Crippen LogP) is 2.73. The van der Waals surface area contributed by atoms with Gasteiger partial charge in [0.2, 0.25) is 0 Å². The highest BCUT2D eigenvalue weighted by Crippen LogP contribution is 2.44. The number of hydrogen-bond donors (Lipinski definition) is 1. The molecular weight excluding hydrogens is 196 g/mol. The van der Waals surface area contributed by atoms with Crippen LogP contribution in [0.2, 0.25) is 0 Å². The first-order valence-corrected chi connectivity index (χ1v) is 6.72. The molecule has 2 heteroatoms. The van der Waals surface area contributed by atoms with Crippen LogP contribution in [0.4, 0.5) is 0 Å². The quantitative estimate of drug-likeness (QED) is 0.802. The zero-order valence-electron chi connectivity index (χ0n) is 12.0. The van der Waals surface area contributed by atoms with Crippen molar-refractivity contribution >= 4 is 0 Å². The van der Waals surface area contributed by atoms with Crippen molar-refractivity contribution in [3.63, 3.8) is 0 Å². The maximum atomic E-state index is 6.19. The minimum Gasteiger partial charge on any atom is -0.327 e. The van der Waals surface area contributed by atoms with Gasteiger partial charge in [-0.25, -0.2) is 0 Å². The molecule has 0 aliphatic heterocycles. The van der Waals surface area contributed by atoms with Crippen molar-refractivity contribution in [1.82, 2.24) is 4.90 Å². The Hall–Kier alpha value is -0.0800. The Bertz CT molecular complexity index is 223. The van der Waals surface area contributed by atoms with E-state index in [4.69, 9.17) is 5.73 Å². The van der Waals surface area contributed by atoms with Gasteiger partial charge in [-0.3, -0.25) is 0 Å². The fraction of sp³-hybridized carbons (Fsp3) is 1.00. The van der Waals surface area contributed by atoms with Crippen molar-refractivity contribution in [1.29, 1.82) is 0 Å². The molecule has 0 aromatic rings. The Kier molecular flexibility index (Phi) is 4.42. The van der Waals surface area contributed by atoms with Crippen molar-refractivity contribution in [3.05, 3.63) is 0 Å². The molecule has 3 unspecified atom stereocenters. The zero-order valence-corrected chi connectivity index (χ0v) is 12.0. The zero-order chi connectivity index (χ0) is 12.5. The largest absolute Gasteiger partial charge is 0.327 e. The molecule has 1 fully saturated rings. The predicted molar refractivity (Wildman–Crippen MR) is 71.4 cm³/mol. The summed E-state index contributed by atoms with van der Waals surface area (Å²) in [4.78, 5) is 2.47. The van der Waals surface area contributed by atoms with Crippen molar-refractivity contribution in [3.8, 4) is 0 Å². The van der Waals surface area contributed by atoms with Gasteiger partial charge in [0, 0.05) is 18.6 Å². The first kappa shape index (κ1) is 14.0. The Morgan fingerprint density at radius 3 is 2.38 bits per heavy atom. The molecule has 0 heterocycles. The molecule has 1 rings (SSSR count). The van der Waals surface area contributed by atoms with Gasteiger partial charge < -0.3 is 10.6 Å². The second-order valence-electron chi connectivity index (χ2n) is 6.58. The number of nitrogens with two attached hydrogens (primary N) is 1. The topological polar surface area (TPSA) is 29.3 Å². The molecule has 96 valence electrons. The van der Waals surface area contributed by atoms with Crippen LogP contribution in [0.15, 0.2) is 0 Å². The van der Waals surface area contributed by atoms with Crippen LogP contribution >= 0.6 is 0 Å². The van der Waals surface area contributed by atoms with Gasteiger partial charge in [0.25, 0.3) is 0 Å². The maximum Gasteiger partial charge on any atom is 0.00698 e. The van der Waals surface area contributed by atoms with Crippen molar-refractivity contribution in [2.75, 3.05) is 13.6 Å². The lowest BCUT2D eigenvalue weighted by Gasteiger charge is -2.48. The van der Waals surface area contributed by atoms with Crippen molar-refractivity contribution in [2.45, 2.75) is 59.5 Å². The van der Waals surface area contributed by atoms with Crippen LogP contribution < -0.4 is 5.73 Å². The normalized spacial score (nSPS) is 34.7. The summed E-state index contributed by atoms with van der Waals surface area (Å²) in [5.41, 5.74) is 6.57. The van der Waals surface area contributed by atoms with Crippen LogP contribution in [-0.2, 0) is 0 Å². The van der Waals surface area contributed by atoms with Crippen LogP contribution in [0.1, 0.15) is 47.5 Å². The van der Waals surface area contributed by atoms with E-state index in [0.717, 1.165) is 5.92 Å². The third-order valence-corrected chi connectivity index (χ3v) is 5.11. The fourth-order valence-electron chi connectivity index (χ4n) is 2.82. The monoisotopic (exact) mass is 226 g/mol. The minimum atomic E-state index is 0.376. The van der Waals surface area contributed by atoms with Crippen LogP contribution in [0.25, 0.3) is 0 Å². The number of hydrogen-bond acceptors (Lipinski definition) is 2. The molecule has 0 saturated heterocycles. The second-order valence-corrected chi connectivity index (χ2v) is 6.58. The van der Waals surface area contributed by atoms with Crippen LogP contribution in [0.5, 0.6) is 0 Å². The third kappa shape index (κ3) is 2.78. The minimum absolute atomic E-state index is 0.376. The summed E-state index contributed by atoms with van der Waals surface area (Å²) >= 11 is 0. The van der Waals surface area contributed by atoms with E-state index < -0.39 is 0 Å². The van der Waals surface area contributed by atoms with Crippen molar-refractivity contribution < 1.29 is 0 Å². The van der Waals surface area contributed by atoms with E-state index in [0.29, 0.717) is 23.4 Å². The standard InChI is InChI=1S/C14H30N2/c1-10(2)16(6)9-12-7-8-13(15)11(3)14(12,4)5/h10-13H,7-9,15H2,1-6H3. The summed E-state index contributed by atoms with van der Waals surface area (Å²) in [6.07, 6.45) is 2.48. The Labute approximate surface area is 102 Å². The number of rotatable bonds is 3. The molecule has 0 radical (unpaired) electrons. The summed E-state index contributed by atoms with van der Waals surface area (Å²) in [5, 5.41) is 0. The maximum absolute atomic E-state index is 6.19. The lowest BCUT2D eigenvalue weighted by molar-refractivity contribution is 0.0284. The summed E-state index contributed by atoms with van der Waals surface area (Å²) < 4.78 is 0. The Morgan fingerprint density at radius 1 is 1.31 bits per heavy atom. The van der Waals surface area contributed by atoms with E-state index in [1.165, 1.54) is 19.4 Å². The summed E-state index contributed by atoms with van der Waals surface area (Å²) in [6, 6.07) is 1.04. The highest BCUT2D eigenvalue weighted by Gasteiger charge is 2.41. The summed E-state index contributed by atoms with van der Waals surface area (Å²) in [7, 11) is 2.24. The van der Waals surface area contributed by atoms with E-state index in [2.05, 4.69) is 46.6 Å². The van der Waals surface area contributed by atoms with Gasteiger partial charge in [-0.05, 0) is 51.0 Å². The summed E-state index contributed by atoms with van der Waals surface area (Å²) in [5.74, 6) is 1.42. The van der Waals surface area contributed by atoms with Crippen LogP contribution in [0, 0.1) is 17.3 Å². The lowest BCUT2D eigenvalue weighted by Crippen LogP contribution is -2.50. The fourth-order valence-corrected chi connectivity index (χ4v) is 2.82. The van der Waals surface area contributed by atoms with Gasteiger partial charge in [-0.2, -0.15) is 0 Å². The average molecular weight is 226 g/mol. The SMILES string of the molecule is CC(C)N(C)CC1CCC(N)C(C)C1(C)C. The Balaban J connectivity index is 2.67. The molecule has 2 nitrogen and oxygen atoms in total. The van der Waals surface area contributed by atoms with Gasteiger partial charge in [0.05, 0.1) is 0 Å². The second kappa shape index (κ2) is 5.05. The van der Waals surface area contributed by atoms with Crippen LogP contribution in [0.3, 0.4) is 0 Å². The molecule has 0 spiro atoms. The third-order valence-electron chi connectivity index (χ3n) is 5.11. The molecule has 1 aliphatic rings. The Morgan fingerprint density at radius 2 is 1.88 bits per heavy atom. The molecule has 1 aliphatic carbocycles. The van der Waals surface area contributed by atoms with Gasteiger partial charge in [0.15, 0.2) is 0 Å². The van der Waals surface area contributed by atoms with E-state index in [9.17, 15) is 0 Å². The highest BCUT2D eigenvalue weighted by molar-refractivity contribution is 4.94. The molecule has 0 aromatic heterocycles. The van der Waals surface area contributed by atoms with E-state index in [1.54, 1.807) is 0 Å². The van der Waals surface area contributed by atoms with E-state index in [-0.39, 0.29) is 0 Å². The first-order chi connectivity index (χ1) is 7.26. The molecule has 0 amide bonds. The first-order valence-electron chi connectivity index (χ1n) is 6.72. The van der Waals surface area contributed by atoms with Gasteiger partial charge in [-0.1, -0.05) is 20.8 Å². The molecule has 0 bridgehead atoms. The van der Waals surface area contributed by atoms with Gasteiger partial charge in [-0.15, -0.1) is 0 Å². The smallest absolute Gasteiger partial charge is 0.00698 e. The van der Waals surface area contributed by atoms with Crippen LogP contribution in [-0.4, -0.2) is 30.6 Å². The molecule has 2 N–H and O–H groups in total.